The molecule has 3 N–H and O–H groups in total. The molecule has 0 radical (unpaired) electrons. The molecule has 1 unspecified atom stereocenters. The predicted octanol–water partition coefficient (Wildman–Crippen LogP) is 4.84. The average molecular weight is 578 g/mol. The Morgan fingerprint density at radius 1 is 1.18 bits per heavy atom. The Morgan fingerprint density at radius 2 is 1.97 bits per heavy atom. The van der Waals surface area contributed by atoms with Gasteiger partial charge in [0.05, 0.1) is 6.54 Å². The highest BCUT2D eigenvalue weighted by atomic mass is 127. The molecular weight excluding hydrogens is 541 g/mol. The monoisotopic (exact) mass is 577 g/mol. The molecule has 1 amide bonds. The molecule has 2 aliphatic rings. The van der Waals surface area contributed by atoms with Crippen molar-refractivity contribution in [2.45, 2.75) is 64.5 Å². The van der Waals surface area contributed by atoms with Crippen molar-refractivity contribution in [3.8, 4) is 5.88 Å². The van der Waals surface area contributed by atoms with Crippen molar-refractivity contribution in [1.82, 2.24) is 15.6 Å². The first kappa shape index (κ1) is 26.2. The fourth-order valence-corrected chi connectivity index (χ4v) is 4.55. The van der Waals surface area contributed by atoms with Gasteiger partial charge in [-0.3, -0.25) is 4.79 Å². The fourth-order valence-electron chi connectivity index (χ4n) is 4.55. The van der Waals surface area contributed by atoms with Crippen LogP contribution in [0.2, 0.25) is 0 Å². The van der Waals surface area contributed by atoms with Crippen LogP contribution < -0.4 is 20.7 Å². The lowest BCUT2D eigenvalue weighted by atomic mass is 9.89. The molecule has 0 saturated heterocycles. The van der Waals surface area contributed by atoms with Crippen LogP contribution in [-0.4, -0.2) is 36.0 Å². The largest absolute Gasteiger partial charge is 0.474 e. The van der Waals surface area contributed by atoms with Crippen LogP contribution in [0.4, 0.5) is 5.69 Å². The van der Waals surface area contributed by atoms with Gasteiger partial charge in [0.1, 0.15) is 6.10 Å². The molecule has 1 saturated carbocycles. The summed E-state index contributed by atoms with van der Waals surface area (Å²) in [5.74, 6) is 2.38. The maximum atomic E-state index is 12.1. The Kier molecular flexibility index (Phi) is 9.98. The number of carbonyl (C=O) groups excluding carboxylic acids is 1. The van der Waals surface area contributed by atoms with Crippen LogP contribution in [-0.2, 0) is 11.3 Å². The summed E-state index contributed by atoms with van der Waals surface area (Å²) in [6.45, 7) is 6.28. The summed E-state index contributed by atoms with van der Waals surface area (Å²) in [6.07, 6.45) is 7.17. The smallest absolute Gasteiger partial charge is 0.225 e. The number of aromatic nitrogens is 1. The maximum Gasteiger partial charge on any atom is 0.225 e. The summed E-state index contributed by atoms with van der Waals surface area (Å²) in [5.41, 5.74) is 3.12. The third-order valence-corrected chi connectivity index (χ3v) is 6.44. The number of guanidine groups is 1. The van der Waals surface area contributed by atoms with E-state index in [1.54, 1.807) is 6.20 Å². The van der Waals surface area contributed by atoms with E-state index in [1.807, 2.05) is 37.3 Å². The number of aliphatic imine (C=N–C) groups is 1. The summed E-state index contributed by atoms with van der Waals surface area (Å²) in [5, 5.41) is 9.68. The molecule has 1 fully saturated rings. The summed E-state index contributed by atoms with van der Waals surface area (Å²) in [6, 6.07) is 12.0. The van der Waals surface area contributed by atoms with E-state index in [1.165, 1.54) is 12.8 Å². The number of hydrogen-bond acceptors (Lipinski definition) is 4. The third-order valence-electron chi connectivity index (χ3n) is 6.44. The van der Waals surface area contributed by atoms with Crippen molar-refractivity contribution in [3.05, 3.63) is 53.7 Å². The number of hydrogen-bond donors (Lipinski definition) is 3. The van der Waals surface area contributed by atoms with Gasteiger partial charge in [-0.25, -0.2) is 9.98 Å². The van der Waals surface area contributed by atoms with Gasteiger partial charge in [-0.15, -0.1) is 24.0 Å². The Hall–Kier alpha value is -2.36. The van der Waals surface area contributed by atoms with E-state index in [-0.39, 0.29) is 41.9 Å². The first-order valence-corrected chi connectivity index (χ1v) is 12.1. The average Bonchev–Trinajstić information content (AvgIpc) is 2.82. The number of fused-ring (bicyclic) bond motifs is 1. The molecular formula is C26H36IN5O2. The van der Waals surface area contributed by atoms with Gasteiger partial charge in [-0.1, -0.05) is 25.1 Å². The topological polar surface area (TPSA) is 87.6 Å². The van der Waals surface area contributed by atoms with Crippen LogP contribution >= 0.6 is 24.0 Å². The highest BCUT2D eigenvalue weighted by molar-refractivity contribution is 14.0. The normalized spacial score (nSPS) is 22.1. The highest BCUT2D eigenvalue weighted by Gasteiger charge is 2.25. The third kappa shape index (κ3) is 7.32. The Labute approximate surface area is 219 Å². The van der Waals surface area contributed by atoms with Gasteiger partial charge in [-0.05, 0) is 61.8 Å². The molecule has 184 valence electrons. The second-order valence-electron chi connectivity index (χ2n) is 9.11. The van der Waals surface area contributed by atoms with E-state index in [2.05, 4.69) is 33.9 Å². The predicted molar refractivity (Wildman–Crippen MR) is 147 cm³/mol. The number of carbonyl (C=O) groups is 1. The van der Waals surface area contributed by atoms with Gasteiger partial charge in [0.2, 0.25) is 11.8 Å². The number of anilines is 1. The standard InChI is InChI=1S/C26H35N5O2.HI/c1-3-27-26(30-17-20-15-24(32)31-23-7-5-4-6-22(20)23)29-16-19-12-13-28-25(14-19)33-21-10-8-18(2)9-11-21;/h4-7,12-14,18,20-21H,3,8-11,15-17H2,1-2H3,(H,31,32)(H2,27,29,30);1H. The van der Waals surface area contributed by atoms with Crippen LogP contribution in [0.5, 0.6) is 5.88 Å². The Balaban J connectivity index is 0.00000324. The van der Waals surface area contributed by atoms with Crippen molar-refractivity contribution in [2.24, 2.45) is 10.9 Å². The van der Waals surface area contributed by atoms with E-state index in [9.17, 15) is 4.79 Å². The summed E-state index contributed by atoms with van der Waals surface area (Å²) < 4.78 is 6.14. The number of rotatable bonds is 7. The minimum Gasteiger partial charge on any atom is -0.474 e. The molecule has 1 aromatic heterocycles. The molecule has 4 rings (SSSR count). The molecule has 1 aliphatic carbocycles. The fraction of sp³-hybridized carbons (Fsp3) is 0.500. The van der Waals surface area contributed by atoms with Gasteiger partial charge in [0.15, 0.2) is 5.96 Å². The Bertz CT molecular complexity index is 975. The zero-order chi connectivity index (χ0) is 23.0. The van der Waals surface area contributed by atoms with E-state index in [4.69, 9.17) is 9.73 Å². The number of ether oxygens (including phenoxy) is 1. The second kappa shape index (κ2) is 12.9. The molecule has 1 atom stereocenters. The summed E-state index contributed by atoms with van der Waals surface area (Å²) in [4.78, 5) is 21.3. The van der Waals surface area contributed by atoms with E-state index in [0.29, 0.717) is 25.4 Å². The first-order chi connectivity index (χ1) is 16.1. The lowest BCUT2D eigenvalue weighted by Gasteiger charge is -2.26. The SMILES string of the molecule is CCNC(=NCc1ccnc(OC2CCC(C)CC2)c1)NCC1CC(=O)Nc2ccccc21.I. The number of nitrogens with one attached hydrogen (secondary N) is 3. The lowest BCUT2D eigenvalue weighted by Crippen LogP contribution is -2.40. The molecule has 1 aliphatic heterocycles. The van der Waals surface area contributed by atoms with E-state index < -0.39 is 0 Å². The minimum absolute atomic E-state index is 0. The summed E-state index contributed by atoms with van der Waals surface area (Å²) >= 11 is 0. The number of nitrogens with zero attached hydrogens (tertiary/aromatic N) is 2. The highest BCUT2D eigenvalue weighted by Crippen LogP contribution is 2.31. The molecule has 1 aromatic carbocycles. The molecule has 0 spiro atoms. The zero-order valence-electron chi connectivity index (χ0n) is 20.0. The zero-order valence-corrected chi connectivity index (χ0v) is 22.4. The number of pyridine rings is 1. The van der Waals surface area contributed by atoms with Crippen LogP contribution in [0, 0.1) is 5.92 Å². The molecule has 0 bridgehead atoms. The van der Waals surface area contributed by atoms with Crippen molar-refractivity contribution < 1.29 is 9.53 Å². The van der Waals surface area contributed by atoms with Crippen molar-refractivity contribution in [2.75, 3.05) is 18.4 Å². The van der Waals surface area contributed by atoms with Gasteiger partial charge in [0, 0.05) is 43.4 Å². The number of halogens is 1. The number of benzene rings is 1. The van der Waals surface area contributed by atoms with Gasteiger partial charge in [-0.2, -0.15) is 0 Å². The van der Waals surface area contributed by atoms with E-state index >= 15 is 0 Å². The molecule has 8 heteroatoms. The van der Waals surface area contributed by atoms with Crippen molar-refractivity contribution in [3.63, 3.8) is 0 Å². The molecule has 2 aromatic rings. The number of para-hydroxylation sites is 1. The van der Waals surface area contributed by atoms with E-state index in [0.717, 1.165) is 48.1 Å². The van der Waals surface area contributed by atoms with Crippen LogP contribution in [0.3, 0.4) is 0 Å². The lowest BCUT2D eigenvalue weighted by molar-refractivity contribution is -0.116. The first-order valence-electron chi connectivity index (χ1n) is 12.1. The van der Waals surface area contributed by atoms with Gasteiger partial charge in [0.25, 0.3) is 0 Å². The van der Waals surface area contributed by atoms with Crippen LogP contribution in [0.15, 0.2) is 47.6 Å². The molecule has 34 heavy (non-hydrogen) atoms. The van der Waals surface area contributed by atoms with Gasteiger partial charge < -0.3 is 20.7 Å². The van der Waals surface area contributed by atoms with Crippen LogP contribution in [0.25, 0.3) is 0 Å². The Morgan fingerprint density at radius 3 is 2.76 bits per heavy atom. The minimum atomic E-state index is 0. The quantitative estimate of drug-likeness (QED) is 0.249. The number of amides is 1. The summed E-state index contributed by atoms with van der Waals surface area (Å²) in [7, 11) is 0. The molecule has 2 heterocycles. The van der Waals surface area contributed by atoms with Crippen molar-refractivity contribution >= 4 is 41.5 Å². The van der Waals surface area contributed by atoms with Gasteiger partial charge >= 0.3 is 0 Å². The maximum absolute atomic E-state index is 12.1. The van der Waals surface area contributed by atoms with Crippen molar-refractivity contribution in [1.29, 1.82) is 0 Å². The molecule has 7 nitrogen and oxygen atoms in total. The second-order valence-corrected chi connectivity index (χ2v) is 9.11. The van der Waals surface area contributed by atoms with Crippen LogP contribution in [0.1, 0.15) is 63.0 Å².